The van der Waals surface area contributed by atoms with Crippen LogP contribution in [0, 0.1) is 0 Å². The zero-order valence-corrected chi connectivity index (χ0v) is 20.4. The Morgan fingerprint density at radius 2 is 1.94 bits per heavy atom. The number of carbonyl (C=O) groups excluding carboxylic acids is 4. The Hall–Kier alpha value is -3.13. The van der Waals surface area contributed by atoms with Crippen molar-refractivity contribution in [3.05, 3.63) is 18.2 Å². The van der Waals surface area contributed by atoms with E-state index in [2.05, 4.69) is 20.6 Å². The van der Waals surface area contributed by atoms with Crippen molar-refractivity contribution in [1.29, 1.82) is 0 Å². The Kier molecular flexibility index (Phi) is 11.0. The fraction of sp³-hybridized carbons (Fsp3) is 0.619. The molecule has 1 aliphatic heterocycles. The normalized spacial score (nSPS) is 17.9. The number of amides is 4. The van der Waals surface area contributed by atoms with Crippen molar-refractivity contribution in [2.45, 2.75) is 62.7 Å². The van der Waals surface area contributed by atoms with E-state index in [1.807, 2.05) is 6.26 Å². The van der Waals surface area contributed by atoms with Gasteiger partial charge < -0.3 is 37.1 Å². The molecule has 0 bridgehead atoms. The van der Waals surface area contributed by atoms with E-state index in [9.17, 15) is 29.1 Å². The summed E-state index contributed by atoms with van der Waals surface area (Å²) in [7, 11) is 0. The number of carbonyl (C=O) groups is 5. The molecule has 194 valence electrons. The lowest BCUT2D eigenvalue weighted by atomic mass is 10.1. The SMILES string of the molecule is CSCCC(NC(=O)C(Cc1cnc[nH]1)NC(=O)C(N)CCC(N)=O)C(=O)N1CCCC1C(=O)O. The first-order chi connectivity index (χ1) is 16.6. The van der Waals surface area contributed by atoms with E-state index in [1.54, 1.807) is 0 Å². The van der Waals surface area contributed by atoms with Gasteiger partial charge >= 0.3 is 5.97 Å². The quantitative estimate of drug-likeness (QED) is 0.168. The van der Waals surface area contributed by atoms with Gasteiger partial charge in [-0.2, -0.15) is 11.8 Å². The van der Waals surface area contributed by atoms with Crippen LogP contribution in [0.3, 0.4) is 0 Å². The third-order valence-electron chi connectivity index (χ3n) is 5.70. The first-order valence-electron chi connectivity index (χ1n) is 11.3. The highest BCUT2D eigenvalue weighted by Crippen LogP contribution is 2.20. The molecule has 8 N–H and O–H groups in total. The number of carboxylic acids is 1. The topological polar surface area (TPSA) is 214 Å². The van der Waals surface area contributed by atoms with E-state index < -0.39 is 53.8 Å². The fourth-order valence-corrected chi connectivity index (χ4v) is 4.26. The molecule has 4 unspecified atom stereocenters. The van der Waals surface area contributed by atoms with Crippen LogP contribution in [0.5, 0.6) is 0 Å². The summed E-state index contributed by atoms with van der Waals surface area (Å²) >= 11 is 1.48. The molecule has 35 heavy (non-hydrogen) atoms. The summed E-state index contributed by atoms with van der Waals surface area (Å²) in [5, 5.41) is 14.7. The van der Waals surface area contributed by atoms with Crippen molar-refractivity contribution >= 4 is 41.4 Å². The van der Waals surface area contributed by atoms with E-state index in [1.165, 1.54) is 29.2 Å². The summed E-state index contributed by atoms with van der Waals surface area (Å²) in [6.07, 6.45) is 5.96. The van der Waals surface area contributed by atoms with Gasteiger partial charge in [0, 0.05) is 31.3 Å². The second-order valence-corrected chi connectivity index (χ2v) is 9.31. The molecule has 0 radical (unpaired) electrons. The summed E-state index contributed by atoms with van der Waals surface area (Å²) in [6, 6.07) is -4.05. The second kappa shape index (κ2) is 13.7. The standard InChI is InChI=1S/C21H33N7O6S/c1-35-8-6-14(20(32)28-7-2-3-16(28)21(33)34)26-19(31)15(9-12-10-24-11-25-12)27-18(30)13(22)4-5-17(23)29/h10-11,13-16H,2-9,22H2,1H3,(H2,23,29)(H,24,25)(H,26,31)(H,27,30)(H,33,34). The van der Waals surface area contributed by atoms with Crippen LogP contribution in [0.2, 0.25) is 0 Å². The minimum absolute atomic E-state index is 0.0138. The number of aromatic nitrogens is 2. The highest BCUT2D eigenvalue weighted by Gasteiger charge is 2.38. The third kappa shape index (κ3) is 8.55. The largest absolute Gasteiger partial charge is 0.480 e. The molecule has 0 saturated carbocycles. The highest BCUT2D eigenvalue weighted by molar-refractivity contribution is 7.98. The van der Waals surface area contributed by atoms with Crippen LogP contribution in [0.1, 0.15) is 37.8 Å². The van der Waals surface area contributed by atoms with E-state index >= 15 is 0 Å². The van der Waals surface area contributed by atoms with Gasteiger partial charge in [-0.25, -0.2) is 9.78 Å². The zero-order chi connectivity index (χ0) is 26.0. The molecule has 1 saturated heterocycles. The number of H-pyrrole nitrogens is 1. The average molecular weight is 512 g/mol. The van der Waals surface area contributed by atoms with Gasteiger partial charge in [-0.3, -0.25) is 19.2 Å². The van der Waals surface area contributed by atoms with Gasteiger partial charge in [0.2, 0.25) is 23.6 Å². The number of carboxylic acid groups (broad SMARTS) is 1. The van der Waals surface area contributed by atoms with Crippen molar-refractivity contribution in [2.75, 3.05) is 18.6 Å². The first kappa shape index (κ1) is 28.1. The van der Waals surface area contributed by atoms with Gasteiger partial charge in [0.05, 0.1) is 12.4 Å². The lowest BCUT2D eigenvalue weighted by Crippen LogP contribution is -2.57. The van der Waals surface area contributed by atoms with Crippen LogP contribution in [-0.4, -0.2) is 92.3 Å². The number of hydrogen-bond donors (Lipinski definition) is 6. The minimum atomic E-state index is -1.10. The third-order valence-corrected chi connectivity index (χ3v) is 6.34. The predicted octanol–water partition coefficient (Wildman–Crippen LogP) is -1.66. The van der Waals surface area contributed by atoms with E-state index in [-0.39, 0.29) is 25.7 Å². The number of rotatable bonds is 14. The monoisotopic (exact) mass is 511 g/mol. The number of nitrogens with one attached hydrogen (secondary N) is 3. The van der Waals surface area contributed by atoms with Crippen molar-refractivity contribution in [3.63, 3.8) is 0 Å². The number of aromatic amines is 1. The van der Waals surface area contributed by atoms with Crippen molar-refractivity contribution in [3.8, 4) is 0 Å². The number of primary amides is 1. The average Bonchev–Trinajstić information content (AvgIpc) is 3.51. The molecule has 14 heteroatoms. The molecule has 1 aliphatic rings. The second-order valence-electron chi connectivity index (χ2n) is 8.32. The summed E-state index contributed by atoms with van der Waals surface area (Å²) in [6.45, 7) is 0.296. The number of nitrogens with two attached hydrogens (primary N) is 2. The van der Waals surface area contributed by atoms with Crippen LogP contribution in [-0.2, 0) is 30.4 Å². The number of thioether (sulfide) groups is 1. The van der Waals surface area contributed by atoms with Gasteiger partial charge in [-0.05, 0) is 37.7 Å². The highest BCUT2D eigenvalue weighted by atomic mass is 32.2. The summed E-state index contributed by atoms with van der Waals surface area (Å²) in [4.78, 5) is 69.6. The van der Waals surface area contributed by atoms with Gasteiger partial charge in [0.15, 0.2) is 0 Å². The van der Waals surface area contributed by atoms with Crippen LogP contribution in [0.25, 0.3) is 0 Å². The van der Waals surface area contributed by atoms with Gasteiger partial charge in [-0.1, -0.05) is 0 Å². The molecule has 0 aliphatic carbocycles. The van der Waals surface area contributed by atoms with Gasteiger partial charge in [-0.15, -0.1) is 0 Å². The van der Waals surface area contributed by atoms with Gasteiger partial charge in [0.25, 0.3) is 0 Å². The number of imidazole rings is 1. The molecule has 1 fully saturated rings. The van der Waals surface area contributed by atoms with E-state index in [0.29, 0.717) is 30.8 Å². The van der Waals surface area contributed by atoms with E-state index in [0.717, 1.165) is 0 Å². The molecular weight excluding hydrogens is 478 g/mol. The molecular formula is C21H33N7O6S. The van der Waals surface area contributed by atoms with Crippen LogP contribution >= 0.6 is 11.8 Å². The summed E-state index contributed by atoms with van der Waals surface area (Å²) < 4.78 is 0. The minimum Gasteiger partial charge on any atom is -0.480 e. The van der Waals surface area contributed by atoms with Crippen molar-refractivity contribution in [2.24, 2.45) is 11.5 Å². The number of aliphatic carboxylic acids is 1. The summed E-state index contributed by atoms with van der Waals surface area (Å²) in [5.74, 6) is -2.87. The van der Waals surface area contributed by atoms with Gasteiger partial charge in [0.1, 0.15) is 18.1 Å². The first-order valence-corrected chi connectivity index (χ1v) is 12.7. The Balaban J connectivity index is 2.16. The maximum Gasteiger partial charge on any atom is 0.326 e. The molecule has 0 aromatic carbocycles. The van der Waals surface area contributed by atoms with Crippen molar-refractivity contribution in [1.82, 2.24) is 25.5 Å². The lowest BCUT2D eigenvalue weighted by Gasteiger charge is -2.29. The molecule has 13 nitrogen and oxygen atoms in total. The smallest absolute Gasteiger partial charge is 0.326 e. The maximum atomic E-state index is 13.2. The molecule has 2 heterocycles. The lowest BCUT2D eigenvalue weighted by molar-refractivity contribution is -0.149. The Morgan fingerprint density at radius 3 is 2.54 bits per heavy atom. The predicted molar refractivity (Wildman–Crippen MR) is 128 cm³/mol. The van der Waals surface area contributed by atoms with Crippen LogP contribution in [0.15, 0.2) is 12.5 Å². The molecule has 1 aromatic heterocycles. The van der Waals surface area contributed by atoms with Crippen LogP contribution < -0.4 is 22.1 Å². The molecule has 2 rings (SSSR count). The molecule has 0 spiro atoms. The van der Waals surface area contributed by atoms with Crippen LogP contribution in [0.4, 0.5) is 0 Å². The number of hydrogen-bond acceptors (Lipinski definition) is 8. The molecule has 4 atom stereocenters. The number of likely N-dealkylation sites (tertiary alicyclic amines) is 1. The number of nitrogens with zero attached hydrogens (tertiary/aromatic N) is 2. The molecule has 1 aromatic rings. The Bertz CT molecular complexity index is 897. The maximum absolute atomic E-state index is 13.2. The molecule has 4 amide bonds. The van der Waals surface area contributed by atoms with E-state index in [4.69, 9.17) is 11.5 Å². The Labute approximate surface area is 207 Å². The fourth-order valence-electron chi connectivity index (χ4n) is 3.79. The zero-order valence-electron chi connectivity index (χ0n) is 19.6. The summed E-state index contributed by atoms with van der Waals surface area (Å²) in [5.41, 5.74) is 11.5. The van der Waals surface area contributed by atoms with Crippen molar-refractivity contribution < 1.29 is 29.1 Å². The Morgan fingerprint density at radius 1 is 1.23 bits per heavy atom.